The first-order valence-electron chi connectivity index (χ1n) is 8.34. The van der Waals surface area contributed by atoms with Crippen LogP contribution in [-0.4, -0.2) is 42.8 Å². The number of carbonyl (C=O) groups excluding carboxylic acids is 2. The summed E-state index contributed by atoms with van der Waals surface area (Å²) in [5, 5.41) is 7.60. The highest BCUT2D eigenvalue weighted by molar-refractivity contribution is 5.88. The van der Waals surface area contributed by atoms with Crippen LogP contribution >= 0.6 is 0 Å². The number of carbonyl (C=O) groups is 3. The summed E-state index contributed by atoms with van der Waals surface area (Å²) in [4.78, 5) is 31.0. The van der Waals surface area contributed by atoms with E-state index in [4.69, 9.17) is 19.3 Å². The molecule has 0 bridgehead atoms. The average Bonchev–Trinajstić information content (AvgIpc) is 2.66. The van der Waals surface area contributed by atoms with Crippen molar-refractivity contribution in [3.8, 4) is 5.75 Å². The molecule has 1 N–H and O–H groups in total. The highest BCUT2D eigenvalue weighted by Gasteiger charge is 2.03. The van der Waals surface area contributed by atoms with Gasteiger partial charge in [0.2, 0.25) is 0 Å². The van der Waals surface area contributed by atoms with Crippen LogP contribution in [0.15, 0.2) is 67.3 Å². The maximum atomic E-state index is 11.0. The van der Waals surface area contributed by atoms with Crippen LogP contribution in [0.4, 0.5) is 0 Å². The summed E-state index contributed by atoms with van der Waals surface area (Å²) in [6.45, 7) is 16.4. The molecule has 0 aliphatic rings. The number of esters is 2. The van der Waals surface area contributed by atoms with Crippen molar-refractivity contribution in [2.75, 3.05) is 19.8 Å². The van der Waals surface area contributed by atoms with Crippen LogP contribution in [0.2, 0.25) is 0 Å². The summed E-state index contributed by atoms with van der Waals surface area (Å²) in [6, 6.07) is 8.92. The van der Waals surface area contributed by atoms with Gasteiger partial charge in [-0.25, -0.2) is 14.4 Å². The molecular weight excluding hydrogens is 364 g/mol. The van der Waals surface area contributed by atoms with Crippen LogP contribution in [0.3, 0.4) is 0 Å². The number of hydrogen-bond donors (Lipinski definition) is 1. The molecular formula is C21H28O7. The molecule has 0 aromatic heterocycles. The minimum absolute atomic E-state index is 0.305. The average molecular weight is 392 g/mol. The van der Waals surface area contributed by atoms with E-state index < -0.39 is 5.97 Å². The van der Waals surface area contributed by atoms with E-state index in [1.54, 1.807) is 38.1 Å². The fourth-order valence-corrected chi connectivity index (χ4v) is 1.14. The Kier molecular flexibility index (Phi) is 16.6. The van der Waals surface area contributed by atoms with Gasteiger partial charge in [-0.3, -0.25) is 0 Å². The van der Waals surface area contributed by atoms with E-state index in [2.05, 4.69) is 19.7 Å². The van der Waals surface area contributed by atoms with Crippen molar-refractivity contribution < 1.29 is 33.7 Å². The van der Waals surface area contributed by atoms with E-state index in [1.807, 2.05) is 13.0 Å². The minimum Gasteiger partial charge on any atom is -0.478 e. The molecule has 0 amide bonds. The van der Waals surface area contributed by atoms with Gasteiger partial charge in [-0.05, 0) is 32.9 Å². The van der Waals surface area contributed by atoms with Gasteiger partial charge in [0.25, 0.3) is 0 Å². The van der Waals surface area contributed by atoms with E-state index in [9.17, 15) is 14.4 Å². The monoisotopic (exact) mass is 392 g/mol. The number of aliphatic carboxylic acids is 1. The Labute approximate surface area is 165 Å². The van der Waals surface area contributed by atoms with Gasteiger partial charge in [0, 0.05) is 23.8 Å². The topological polar surface area (TPSA) is 99.1 Å². The predicted octanol–water partition coefficient (Wildman–Crippen LogP) is 3.57. The summed E-state index contributed by atoms with van der Waals surface area (Å²) in [5.41, 5.74) is 0.820. The lowest BCUT2D eigenvalue weighted by Crippen LogP contribution is -2.10. The fourth-order valence-electron chi connectivity index (χ4n) is 1.14. The molecule has 0 atom stereocenters. The van der Waals surface area contributed by atoms with Crippen molar-refractivity contribution in [3.05, 3.63) is 67.3 Å². The van der Waals surface area contributed by atoms with Gasteiger partial charge in [0.15, 0.2) is 0 Å². The Morgan fingerprint density at radius 3 is 1.89 bits per heavy atom. The number of carboxylic acid groups (broad SMARTS) is 1. The maximum Gasteiger partial charge on any atom is 0.338 e. The van der Waals surface area contributed by atoms with Crippen molar-refractivity contribution in [1.29, 1.82) is 0 Å². The Hall–Kier alpha value is -3.19. The smallest absolute Gasteiger partial charge is 0.338 e. The van der Waals surface area contributed by atoms with Crippen molar-refractivity contribution >= 4 is 17.9 Å². The lowest BCUT2D eigenvalue weighted by molar-refractivity contribution is -0.140. The molecule has 0 aliphatic carbocycles. The molecule has 0 saturated carbocycles. The Bertz CT molecular complexity index is 648. The molecule has 7 nitrogen and oxygen atoms in total. The lowest BCUT2D eigenvalue weighted by atomic mass is 10.3. The van der Waals surface area contributed by atoms with E-state index in [0.29, 0.717) is 36.7 Å². The summed E-state index contributed by atoms with van der Waals surface area (Å²) in [5.74, 6) is -1.18. The summed E-state index contributed by atoms with van der Waals surface area (Å²) < 4.78 is 14.6. The number of para-hydroxylation sites is 1. The van der Waals surface area contributed by atoms with Crippen LogP contribution in [0, 0.1) is 0 Å². The fraction of sp³-hybridized carbons (Fsp3) is 0.286. The number of benzene rings is 1. The standard InChI is InChI=1S/C10H10O2.C8H14O3.C3H4O2/c1-8(2)10(11)12-9-6-4-3-5-7-9;1-4-10-5-6-11-8(9)7(2)3;1-2-3(4)5/h3-7H,1H2,2H3;2,4-6H2,1,3H3;2H,1H2,(H,4,5). The zero-order valence-electron chi connectivity index (χ0n) is 16.6. The Morgan fingerprint density at radius 1 is 1.00 bits per heavy atom. The van der Waals surface area contributed by atoms with Crippen LogP contribution in [0.5, 0.6) is 5.75 Å². The molecule has 0 heterocycles. The van der Waals surface area contributed by atoms with Crippen LogP contribution in [0.1, 0.15) is 20.8 Å². The molecule has 0 spiro atoms. The van der Waals surface area contributed by atoms with Gasteiger partial charge in [-0.1, -0.05) is 37.9 Å². The van der Waals surface area contributed by atoms with Crippen molar-refractivity contribution in [3.63, 3.8) is 0 Å². The Morgan fingerprint density at radius 2 is 1.50 bits per heavy atom. The van der Waals surface area contributed by atoms with E-state index >= 15 is 0 Å². The van der Waals surface area contributed by atoms with Crippen molar-refractivity contribution in [2.45, 2.75) is 20.8 Å². The number of rotatable bonds is 8. The second-order valence-corrected chi connectivity index (χ2v) is 5.14. The molecule has 7 heteroatoms. The largest absolute Gasteiger partial charge is 0.478 e. The molecule has 1 rings (SSSR count). The van der Waals surface area contributed by atoms with Crippen molar-refractivity contribution in [1.82, 2.24) is 0 Å². The molecule has 1 aromatic carbocycles. The highest BCUT2D eigenvalue weighted by atomic mass is 16.6. The SMILES string of the molecule is C=C(C)C(=O)OCCOCC.C=C(C)C(=O)Oc1ccccc1.C=CC(=O)O. The second-order valence-electron chi connectivity index (χ2n) is 5.14. The van der Waals surface area contributed by atoms with Gasteiger partial charge < -0.3 is 19.3 Å². The first kappa shape index (κ1) is 27.0. The molecule has 0 fully saturated rings. The van der Waals surface area contributed by atoms with E-state index in [1.165, 1.54) is 0 Å². The molecule has 0 unspecified atom stereocenters. The maximum absolute atomic E-state index is 11.0. The molecule has 28 heavy (non-hydrogen) atoms. The van der Waals surface area contributed by atoms with Crippen LogP contribution in [-0.2, 0) is 23.9 Å². The number of carboxylic acids is 1. The molecule has 0 aliphatic heterocycles. The van der Waals surface area contributed by atoms with E-state index in [-0.39, 0.29) is 11.9 Å². The Balaban J connectivity index is 0. The second kappa shape index (κ2) is 17.2. The summed E-state index contributed by atoms with van der Waals surface area (Å²) in [7, 11) is 0. The molecule has 154 valence electrons. The highest BCUT2D eigenvalue weighted by Crippen LogP contribution is 2.09. The first-order valence-corrected chi connectivity index (χ1v) is 8.34. The molecule has 0 radical (unpaired) electrons. The molecule has 1 aromatic rings. The summed E-state index contributed by atoms with van der Waals surface area (Å²) >= 11 is 0. The quantitative estimate of drug-likeness (QED) is 0.312. The zero-order valence-corrected chi connectivity index (χ0v) is 16.6. The number of hydrogen-bond acceptors (Lipinski definition) is 6. The third kappa shape index (κ3) is 17.6. The third-order valence-electron chi connectivity index (χ3n) is 2.49. The van der Waals surface area contributed by atoms with Gasteiger partial charge >= 0.3 is 17.9 Å². The van der Waals surface area contributed by atoms with E-state index in [0.717, 1.165) is 6.08 Å². The predicted molar refractivity (Wildman–Crippen MR) is 107 cm³/mol. The number of ether oxygens (including phenoxy) is 3. The van der Waals surface area contributed by atoms with Gasteiger partial charge in [0.05, 0.1) is 6.61 Å². The van der Waals surface area contributed by atoms with Crippen LogP contribution < -0.4 is 4.74 Å². The van der Waals surface area contributed by atoms with Gasteiger partial charge in [0.1, 0.15) is 12.4 Å². The van der Waals surface area contributed by atoms with Gasteiger partial charge in [-0.2, -0.15) is 0 Å². The molecule has 0 saturated heterocycles. The van der Waals surface area contributed by atoms with Crippen molar-refractivity contribution in [2.24, 2.45) is 0 Å². The zero-order chi connectivity index (χ0) is 21.9. The third-order valence-corrected chi connectivity index (χ3v) is 2.49. The minimum atomic E-state index is -0.981. The normalized spacial score (nSPS) is 8.68. The lowest BCUT2D eigenvalue weighted by Gasteiger charge is -2.03. The summed E-state index contributed by atoms with van der Waals surface area (Å²) in [6.07, 6.45) is 0.833. The van der Waals surface area contributed by atoms with Crippen LogP contribution in [0.25, 0.3) is 0 Å². The first-order chi connectivity index (χ1) is 13.1. The van der Waals surface area contributed by atoms with Gasteiger partial charge in [-0.15, -0.1) is 0 Å².